The number of halogens is 3. The third-order valence-corrected chi connectivity index (χ3v) is 7.65. The molecule has 220 valence electrons. The number of hydrogen-bond acceptors (Lipinski definition) is 5. The first-order chi connectivity index (χ1) is 17.3. The molecule has 0 fully saturated rings. The normalized spacial score (nSPS) is 13.0. The van der Waals surface area contributed by atoms with Crippen LogP contribution in [0.15, 0.2) is 24.3 Å². The highest BCUT2D eigenvalue weighted by Gasteiger charge is 2.35. The van der Waals surface area contributed by atoms with E-state index in [9.17, 15) is 31.5 Å². The van der Waals surface area contributed by atoms with Crippen LogP contribution in [0.25, 0.3) is 0 Å². The first kappa shape index (κ1) is 35.6. The van der Waals surface area contributed by atoms with Gasteiger partial charge in [-0.25, -0.2) is 0 Å². The predicted octanol–water partition coefficient (Wildman–Crippen LogP) is 3.05. The first-order valence-electron chi connectivity index (χ1n) is 12.4. The molecule has 0 bridgehead atoms. The number of carbonyl (C=O) groups excluding carboxylic acids is 1. The highest BCUT2D eigenvalue weighted by atomic mass is 32.2. The zero-order valence-corrected chi connectivity index (χ0v) is 23.9. The number of hydrogen-bond donors (Lipinski definition) is 1. The number of anilines is 1. The first-order valence-corrected chi connectivity index (χ1v) is 13.8. The monoisotopic (exact) mass is 569 g/mol. The summed E-state index contributed by atoms with van der Waals surface area (Å²) in [6.45, 7) is 2.60. The molecule has 0 saturated heterocycles. The highest BCUT2D eigenvalue weighted by molar-refractivity contribution is 7.90. The second-order valence-corrected chi connectivity index (χ2v) is 12.2. The molecule has 1 rings (SSSR count). The number of benzene rings is 1. The summed E-state index contributed by atoms with van der Waals surface area (Å²) < 4.78 is 61.0. The van der Waals surface area contributed by atoms with E-state index in [1.807, 2.05) is 39.3 Å². The van der Waals surface area contributed by atoms with Gasteiger partial charge in [-0.05, 0) is 30.5 Å². The molecular weight excluding hydrogens is 527 g/mol. The number of alkyl halides is 3. The minimum Gasteiger partial charge on any atom is -0.542 e. The molecule has 0 unspecified atom stereocenters. The SMILES string of the molecule is CCCCCCCCc1cccc(N(C)S(=O)(=O)N(C)[C@H](CC(=O)O)C[N+](C)(C)C)c1.O=C([O-])C(F)(F)F. The molecule has 0 heterocycles. The Labute approximate surface area is 224 Å². The molecule has 0 aliphatic carbocycles. The van der Waals surface area contributed by atoms with Crippen molar-refractivity contribution in [3.05, 3.63) is 29.8 Å². The van der Waals surface area contributed by atoms with Crippen molar-refractivity contribution in [2.24, 2.45) is 0 Å². The summed E-state index contributed by atoms with van der Waals surface area (Å²) >= 11 is 0. The average Bonchev–Trinajstić information content (AvgIpc) is 2.78. The number of nitrogens with zero attached hydrogens (tertiary/aromatic N) is 3. The van der Waals surface area contributed by atoms with Crippen molar-refractivity contribution in [1.82, 2.24) is 4.31 Å². The van der Waals surface area contributed by atoms with Gasteiger partial charge < -0.3 is 19.5 Å². The number of rotatable bonds is 15. The number of quaternary nitrogens is 1. The topological polar surface area (TPSA) is 118 Å². The van der Waals surface area contributed by atoms with Crippen LogP contribution in [0.4, 0.5) is 18.9 Å². The van der Waals surface area contributed by atoms with Crippen LogP contribution >= 0.6 is 0 Å². The molecule has 0 aliphatic heterocycles. The molecule has 1 aromatic carbocycles. The lowest BCUT2D eigenvalue weighted by molar-refractivity contribution is -0.872. The number of aryl methyl sites for hydroxylation is 1. The Hall–Kier alpha value is -2.38. The van der Waals surface area contributed by atoms with E-state index in [2.05, 4.69) is 6.92 Å². The van der Waals surface area contributed by atoms with Gasteiger partial charge in [0.1, 0.15) is 5.97 Å². The van der Waals surface area contributed by atoms with Gasteiger partial charge in [0.05, 0.1) is 45.8 Å². The molecular formula is C25H42F3N3O6S. The van der Waals surface area contributed by atoms with E-state index < -0.39 is 34.4 Å². The Morgan fingerprint density at radius 1 is 1.05 bits per heavy atom. The zero-order valence-electron chi connectivity index (χ0n) is 23.1. The fraction of sp³-hybridized carbons (Fsp3) is 0.680. The van der Waals surface area contributed by atoms with Crippen LogP contribution in [0, 0.1) is 0 Å². The standard InChI is InChI=1S/C23H41N3O4S.C2HF3O2/c1-7-8-9-10-11-12-14-20-15-13-16-21(17-20)24(2)31(29,30)25(3)22(18-23(27)28)19-26(4,5)6;3-2(4,5)1(6)7/h13,15-17,22H,7-12,14,18-19H2,1-6H3;(H,6,7)/t22-;/m1./s1. The fourth-order valence-electron chi connectivity index (χ4n) is 3.67. The molecule has 1 atom stereocenters. The summed E-state index contributed by atoms with van der Waals surface area (Å²) in [4.78, 5) is 20.1. The molecule has 9 nitrogen and oxygen atoms in total. The summed E-state index contributed by atoms with van der Waals surface area (Å²) in [6, 6.07) is 6.97. The fourth-order valence-corrected chi connectivity index (χ4v) is 4.96. The number of carbonyl (C=O) groups is 2. The maximum atomic E-state index is 13.3. The summed E-state index contributed by atoms with van der Waals surface area (Å²) in [7, 11) is 4.89. The molecule has 38 heavy (non-hydrogen) atoms. The third kappa shape index (κ3) is 14.0. The second kappa shape index (κ2) is 15.9. The van der Waals surface area contributed by atoms with Gasteiger partial charge >= 0.3 is 22.4 Å². The lowest BCUT2D eigenvalue weighted by Gasteiger charge is -2.35. The Kier molecular flexibility index (Phi) is 14.9. The number of carboxylic acids is 2. The van der Waals surface area contributed by atoms with Crippen LogP contribution in [0.3, 0.4) is 0 Å². The maximum absolute atomic E-state index is 13.3. The maximum Gasteiger partial charge on any atom is 0.430 e. The van der Waals surface area contributed by atoms with Gasteiger partial charge in [0.25, 0.3) is 0 Å². The smallest absolute Gasteiger partial charge is 0.430 e. The Morgan fingerprint density at radius 2 is 1.58 bits per heavy atom. The quantitative estimate of drug-likeness (QED) is 0.256. The minimum absolute atomic E-state index is 0.239. The zero-order chi connectivity index (χ0) is 29.7. The number of likely N-dealkylation sites (N-methyl/N-ethyl adjacent to an activating group) is 2. The van der Waals surface area contributed by atoms with Crippen molar-refractivity contribution in [3.8, 4) is 0 Å². The average molecular weight is 570 g/mol. The lowest BCUT2D eigenvalue weighted by Crippen LogP contribution is -2.53. The van der Waals surface area contributed by atoms with Crippen LogP contribution in [-0.2, 0) is 26.2 Å². The van der Waals surface area contributed by atoms with Crippen LogP contribution in [0.2, 0.25) is 0 Å². The molecule has 1 N–H and O–H groups in total. The van der Waals surface area contributed by atoms with E-state index in [4.69, 9.17) is 9.90 Å². The van der Waals surface area contributed by atoms with Crippen LogP contribution in [-0.4, -0.2) is 88.3 Å². The van der Waals surface area contributed by atoms with Crippen LogP contribution in [0.5, 0.6) is 0 Å². The predicted molar refractivity (Wildman–Crippen MR) is 139 cm³/mol. The van der Waals surface area contributed by atoms with Crippen molar-refractivity contribution in [3.63, 3.8) is 0 Å². The largest absolute Gasteiger partial charge is 0.542 e. The Morgan fingerprint density at radius 3 is 2.05 bits per heavy atom. The van der Waals surface area contributed by atoms with Gasteiger partial charge in [0.15, 0.2) is 0 Å². The van der Waals surface area contributed by atoms with Crippen molar-refractivity contribution in [2.45, 2.75) is 70.5 Å². The Balaban J connectivity index is 0.00000171. The molecule has 0 saturated carbocycles. The molecule has 1 aromatic rings. The number of carboxylic acid groups (broad SMARTS) is 2. The Bertz CT molecular complexity index is 981. The number of unbranched alkanes of at least 4 members (excludes halogenated alkanes) is 5. The molecule has 0 spiro atoms. The van der Waals surface area contributed by atoms with Crippen molar-refractivity contribution in [2.75, 3.05) is 46.1 Å². The van der Waals surface area contributed by atoms with Gasteiger partial charge in [-0.2, -0.15) is 25.9 Å². The molecule has 0 radical (unpaired) electrons. The summed E-state index contributed by atoms with van der Waals surface area (Å²) in [6.07, 6.45) is 2.79. The van der Waals surface area contributed by atoms with Gasteiger partial charge in [0.2, 0.25) is 0 Å². The minimum atomic E-state index is -5.19. The van der Waals surface area contributed by atoms with E-state index in [1.165, 1.54) is 54.8 Å². The van der Waals surface area contributed by atoms with Gasteiger partial charge in [-0.1, -0.05) is 51.2 Å². The third-order valence-electron chi connectivity index (χ3n) is 5.72. The van der Waals surface area contributed by atoms with E-state index in [-0.39, 0.29) is 6.42 Å². The van der Waals surface area contributed by atoms with E-state index >= 15 is 0 Å². The molecule has 13 heteroatoms. The van der Waals surface area contributed by atoms with Crippen molar-refractivity contribution < 1.29 is 45.9 Å². The molecule has 0 aromatic heterocycles. The molecule has 0 aliphatic rings. The van der Waals surface area contributed by atoms with E-state index in [0.29, 0.717) is 16.7 Å². The van der Waals surface area contributed by atoms with Gasteiger partial charge in [-0.15, -0.1) is 0 Å². The highest BCUT2D eigenvalue weighted by Crippen LogP contribution is 2.23. The summed E-state index contributed by atoms with van der Waals surface area (Å²) in [5.41, 5.74) is 1.71. The van der Waals surface area contributed by atoms with Crippen LogP contribution < -0.4 is 9.41 Å². The summed E-state index contributed by atoms with van der Waals surface area (Å²) in [5, 5.41) is 18.1. The van der Waals surface area contributed by atoms with E-state index in [0.717, 1.165) is 18.4 Å². The van der Waals surface area contributed by atoms with Crippen LogP contribution in [0.1, 0.15) is 57.4 Å². The lowest BCUT2D eigenvalue weighted by atomic mass is 10.0. The van der Waals surface area contributed by atoms with E-state index in [1.54, 1.807) is 6.07 Å². The molecule has 0 amide bonds. The van der Waals surface area contributed by atoms with Gasteiger partial charge in [-0.3, -0.25) is 9.10 Å². The summed E-state index contributed by atoms with van der Waals surface area (Å²) in [5.74, 6) is -4.02. The van der Waals surface area contributed by atoms with Gasteiger partial charge in [0, 0.05) is 14.1 Å². The van der Waals surface area contributed by atoms with Crippen molar-refractivity contribution in [1.29, 1.82) is 0 Å². The second-order valence-electron chi connectivity index (χ2n) is 10.2. The van der Waals surface area contributed by atoms with Crippen molar-refractivity contribution >= 4 is 27.8 Å². The number of aliphatic carboxylic acids is 2.